The first-order valence-electron chi connectivity index (χ1n) is 5.36. The maximum Gasteiger partial charge on any atom is 0.254 e. The van der Waals surface area contributed by atoms with E-state index in [4.69, 9.17) is 0 Å². The molecule has 0 bridgehead atoms. The van der Waals surface area contributed by atoms with Gasteiger partial charge in [-0.15, -0.1) is 0 Å². The van der Waals surface area contributed by atoms with Gasteiger partial charge in [-0.25, -0.2) is 8.42 Å². The SMILES string of the molecule is CS(=O)(=O)[C@@H]1CCN(C(=O)c2ccncc2)C1. The highest BCUT2D eigenvalue weighted by atomic mass is 32.2. The molecule has 0 aromatic carbocycles. The maximum atomic E-state index is 12.0. The summed E-state index contributed by atoms with van der Waals surface area (Å²) < 4.78 is 22.8. The zero-order valence-corrected chi connectivity index (χ0v) is 10.4. The van der Waals surface area contributed by atoms with Crippen molar-refractivity contribution in [2.45, 2.75) is 11.7 Å². The summed E-state index contributed by atoms with van der Waals surface area (Å²) in [6.45, 7) is 0.791. The largest absolute Gasteiger partial charge is 0.337 e. The van der Waals surface area contributed by atoms with Crippen molar-refractivity contribution in [1.82, 2.24) is 9.88 Å². The van der Waals surface area contributed by atoms with E-state index in [0.717, 1.165) is 0 Å². The third-order valence-corrected chi connectivity index (χ3v) is 4.56. The number of amides is 1. The van der Waals surface area contributed by atoms with E-state index in [0.29, 0.717) is 25.1 Å². The van der Waals surface area contributed by atoms with Crippen molar-refractivity contribution in [3.8, 4) is 0 Å². The summed E-state index contributed by atoms with van der Waals surface area (Å²) >= 11 is 0. The zero-order valence-electron chi connectivity index (χ0n) is 9.54. The van der Waals surface area contributed by atoms with Crippen LogP contribution in [0.2, 0.25) is 0 Å². The third-order valence-electron chi connectivity index (χ3n) is 2.96. The number of sulfone groups is 1. The summed E-state index contributed by atoms with van der Waals surface area (Å²) in [4.78, 5) is 17.4. The first kappa shape index (κ1) is 12.0. The van der Waals surface area contributed by atoms with Gasteiger partial charge >= 0.3 is 0 Å². The molecule has 0 aliphatic carbocycles. The van der Waals surface area contributed by atoms with Crippen LogP contribution in [0.5, 0.6) is 0 Å². The van der Waals surface area contributed by atoms with E-state index in [9.17, 15) is 13.2 Å². The molecule has 1 aromatic heterocycles. The average Bonchev–Trinajstić information content (AvgIpc) is 2.78. The van der Waals surface area contributed by atoms with Crippen LogP contribution in [0.25, 0.3) is 0 Å². The Hall–Kier alpha value is -1.43. The van der Waals surface area contributed by atoms with Crippen molar-refractivity contribution in [3.05, 3.63) is 30.1 Å². The summed E-state index contributed by atoms with van der Waals surface area (Å²) in [7, 11) is -3.06. The van der Waals surface area contributed by atoms with Crippen LogP contribution in [-0.2, 0) is 9.84 Å². The number of pyridine rings is 1. The standard InChI is InChI=1S/C11H14N2O3S/c1-17(15,16)10-4-7-13(8-10)11(14)9-2-5-12-6-3-9/h2-3,5-6,10H,4,7-8H2,1H3/t10-/m1/s1. The second kappa shape index (κ2) is 4.44. The fourth-order valence-corrected chi connectivity index (χ4v) is 2.92. The van der Waals surface area contributed by atoms with E-state index >= 15 is 0 Å². The first-order chi connectivity index (χ1) is 7.98. The minimum atomic E-state index is -3.06. The highest BCUT2D eigenvalue weighted by Gasteiger charge is 2.32. The van der Waals surface area contributed by atoms with E-state index in [2.05, 4.69) is 4.98 Å². The van der Waals surface area contributed by atoms with Crippen LogP contribution in [-0.4, -0.2) is 48.8 Å². The Balaban J connectivity index is 2.10. The Morgan fingerprint density at radius 1 is 1.41 bits per heavy atom. The molecule has 1 saturated heterocycles. The van der Waals surface area contributed by atoms with Crippen LogP contribution >= 0.6 is 0 Å². The number of nitrogens with zero attached hydrogens (tertiary/aromatic N) is 2. The molecular formula is C11H14N2O3S. The molecule has 0 N–H and O–H groups in total. The summed E-state index contributed by atoms with van der Waals surface area (Å²) in [5, 5.41) is -0.423. The van der Waals surface area contributed by atoms with Gasteiger partial charge in [-0.3, -0.25) is 9.78 Å². The molecule has 17 heavy (non-hydrogen) atoms. The minimum absolute atomic E-state index is 0.126. The molecule has 1 aromatic rings. The van der Waals surface area contributed by atoms with Crippen LogP contribution in [0.3, 0.4) is 0 Å². The second-order valence-electron chi connectivity index (χ2n) is 4.23. The van der Waals surface area contributed by atoms with Gasteiger partial charge in [0.05, 0.1) is 5.25 Å². The molecule has 1 aliphatic rings. The molecule has 0 saturated carbocycles. The van der Waals surface area contributed by atoms with E-state index in [1.165, 1.54) is 6.26 Å². The topological polar surface area (TPSA) is 67.3 Å². The van der Waals surface area contributed by atoms with Crippen LogP contribution in [0, 0.1) is 0 Å². The second-order valence-corrected chi connectivity index (χ2v) is 6.55. The van der Waals surface area contributed by atoms with Crippen LogP contribution in [0.1, 0.15) is 16.8 Å². The van der Waals surface area contributed by atoms with Gasteiger partial charge in [-0.1, -0.05) is 0 Å². The lowest BCUT2D eigenvalue weighted by Gasteiger charge is -2.15. The smallest absolute Gasteiger partial charge is 0.254 e. The van der Waals surface area contributed by atoms with E-state index < -0.39 is 15.1 Å². The minimum Gasteiger partial charge on any atom is -0.337 e. The molecule has 5 nitrogen and oxygen atoms in total. The molecule has 1 aliphatic heterocycles. The molecule has 0 spiro atoms. The van der Waals surface area contributed by atoms with Gasteiger partial charge in [0, 0.05) is 37.3 Å². The fraction of sp³-hybridized carbons (Fsp3) is 0.455. The molecule has 2 heterocycles. The van der Waals surface area contributed by atoms with Gasteiger partial charge in [0.2, 0.25) is 0 Å². The number of likely N-dealkylation sites (tertiary alicyclic amines) is 1. The van der Waals surface area contributed by atoms with Gasteiger partial charge in [-0.2, -0.15) is 0 Å². The summed E-state index contributed by atoms with van der Waals surface area (Å²) in [6.07, 6.45) is 4.85. The van der Waals surface area contributed by atoms with E-state index in [1.54, 1.807) is 29.4 Å². The maximum absolute atomic E-state index is 12.0. The number of rotatable bonds is 2. The number of carbonyl (C=O) groups excluding carboxylic acids is 1. The Kier molecular flexibility index (Phi) is 3.15. The predicted molar refractivity (Wildman–Crippen MR) is 63.4 cm³/mol. The molecule has 0 unspecified atom stereocenters. The monoisotopic (exact) mass is 254 g/mol. The molecule has 0 radical (unpaired) electrons. The fourth-order valence-electron chi connectivity index (χ4n) is 1.94. The van der Waals surface area contributed by atoms with Crippen LogP contribution < -0.4 is 0 Å². The summed E-state index contributed by atoms with van der Waals surface area (Å²) in [5.41, 5.74) is 0.550. The molecule has 1 amide bonds. The zero-order chi connectivity index (χ0) is 12.5. The molecular weight excluding hydrogens is 240 g/mol. The average molecular weight is 254 g/mol. The Morgan fingerprint density at radius 2 is 2.06 bits per heavy atom. The number of aromatic nitrogens is 1. The molecule has 92 valence electrons. The lowest BCUT2D eigenvalue weighted by molar-refractivity contribution is 0.0793. The Morgan fingerprint density at radius 3 is 2.59 bits per heavy atom. The van der Waals surface area contributed by atoms with Crippen molar-refractivity contribution < 1.29 is 13.2 Å². The number of hydrogen-bond acceptors (Lipinski definition) is 4. The first-order valence-corrected chi connectivity index (χ1v) is 7.32. The van der Waals surface area contributed by atoms with Gasteiger partial charge in [0.25, 0.3) is 5.91 Å². The summed E-state index contributed by atoms with van der Waals surface area (Å²) in [6, 6.07) is 3.27. The van der Waals surface area contributed by atoms with Crippen molar-refractivity contribution in [3.63, 3.8) is 0 Å². The normalized spacial score (nSPS) is 20.5. The third kappa shape index (κ3) is 2.63. The van der Waals surface area contributed by atoms with Gasteiger partial charge in [0.15, 0.2) is 9.84 Å². The lowest BCUT2D eigenvalue weighted by Crippen LogP contribution is -2.31. The van der Waals surface area contributed by atoms with Crippen molar-refractivity contribution >= 4 is 15.7 Å². The molecule has 1 fully saturated rings. The van der Waals surface area contributed by atoms with E-state index in [-0.39, 0.29) is 5.91 Å². The molecule has 2 rings (SSSR count). The predicted octanol–water partition coefficient (Wildman–Crippen LogP) is 0.341. The van der Waals surface area contributed by atoms with Crippen molar-refractivity contribution in [2.75, 3.05) is 19.3 Å². The lowest BCUT2D eigenvalue weighted by atomic mass is 10.2. The quantitative estimate of drug-likeness (QED) is 0.763. The summed E-state index contributed by atoms with van der Waals surface area (Å²) in [5.74, 6) is -0.126. The Bertz CT molecular complexity index is 513. The highest BCUT2D eigenvalue weighted by Crippen LogP contribution is 2.18. The number of hydrogen-bond donors (Lipinski definition) is 0. The van der Waals surface area contributed by atoms with Crippen LogP contribution in [0.15, 0.2) is 24.5 Å². The van der Waals surface area contributed by atoms with Gasteiger partial charge < -0.3 is 4.90 Å². The number of carbonyl (C=O) groups is 1. The van der Waals surface area contributed by atoms with Gasteiger partial charge in [-0.05, 0) is 18.6 Å². The van der Waals surface area contributed by atoms with Crippen LogP contribution in [0.4, 0.5) is 0 Å². The van der Waals surface area contributed by atoms with Crippen molar-refractivity contribution in [1.29, 1.82) is 0 Å². The van der Waals surface area contributed by atoms with Crippen molar-refractivity contribution in [2.24, 2.45) is 0 Å². The molecule has 6 heteroatoms. The van der Waals surface area contributed by atoms with Gasteiger partial charge in [0.1, 0.15) is 0 Å². The molecule has 1 atom stereocenters. The highest BCUT2D eigenvalue weighted by molar-refractivity contribution is 7.91. The Labute approximate surface area is 100 Å². The van der Waals surface area contributed by atoms with E-state index in [1.807, 2.05) is 0 Å².